The summed E-state index contributed by atoms with van der Waals surface area (Å²) in [7, 11) is 2.05. The standard InChI is InChI=1S/C15H23NO2/c1-4-18-15(17)12-13(2)16(3)11-10-14-8-6-5-7-9-14/h5-9,13H,4,10-12H2,1-3H3/t13-/m1/s1. The van der Waals surface area contributed by atoms with E-state index in [9.17, 15) is 4.79 Å². The van der Waals surface area contributed by atoms with Gasteiger partial charge in [0, 0.05) is 12.6 Å². The molecule has 0 radical (unpaired) electrons. The Balaban J connectivity index is 2.31. The summed E-state index contributed by atoms with van der Waals surface area (Å²) in [6.07, 6.45) is 1.46. The molecule has 0 aliphatic heterocycles. The lowest BCUT2D eigenvalue weighted by Crippen LogP contribution is -2.33. The predicted octanol–water partition coefficient (Wildman–Crippen LogP) is 2.50. The van der Waals surface area contributed by atoms with Gasteiger partial charge in [0.15, 0.2) is 0 Å². The summed E-state index contributed by atoms with van der Waals surface area (Å²) in [5.74, 6) is -0.114. The maximum atomic E-state index is 11.4. The second kappa shape index (κ2) is 7.88. The zero-order valence-corrected chi connectivity index (χ0v) is 11.6. The van der Waals surface area contributed by atoms with E-state index in [4.69, 9.17) is 4.74 Å². The number of ether oxygens (including phenoxy) is 1. The van der Waals surface area contributed by atoms with Gasteiger partial charge in [0.25, 0.3) is 0 Å². The zero-order chi connectivity index (χ0) is 13.4. The topological polar surface area (TPSA) is 29.5 Å². The van der Waals surface area contributed by atoms with Gasteiger partial charge < -0.3 is 9.64 Å². The monoisotopic (exact) mass is 249 g/mol. The Morgan fingerprint density at radius 3 is 2.61 bits per heavy atom. The number of carbonyl (C=O) groups excluding carboxylic acids is 1. The molecule has 1 atom stereocenters. The number of nitrogens with zero attached hydrogens (tertiary/aromatic N) is 1. The van der Waals surface area contributed by atoms with E-state index in [1.54, 1.807) is 0 Å². The quantitative estimate of drug-likeness (QED) is 0.695. The van der Waals surface area contributed by atoms with Crippen molar-refractivity contribution >= 4 is 5.97 Å². The Kier molecular flexibility index (Phi) is 6.44. The molecule has 0 aliphatic carbocycles. The second-order valence-corrected chi connectivity index (χ2v) is 4.57. The fourth-order valence-electron chi connectivity index (χ4n) is 1.79. The Morgan fingerprint density at radius 1 is 1.33 bits per heavy atom. The van der Waals surface area contributed by atoms with Gasteiger partial charge in [-0.25, -0.2) is 0 Å². The van der Waals surface area contributed by atoms with Crippen molar-refractivity contribution in [1.82, 2.24) is 4.90 Å². The number of hydrogen-bond acceptors (Lipinski definition) is 3. The van der Waals surface area contributed by atoms with Crippen LogP contribution in [0.5, 0.6) is 0 Å². The number of rotatable bonds is 7. The van der Waals surface area contributed by atoms with E-state index < -0.39 is 0 Å². The van der Waals surface area contributed by atoms with Crippen LogP contribution in [0.2, 0.25) is 0 Å². The van der Waals surface area contributed by atoms with Crippen LogP contribution in [0, 0.1) is 0 Å². The maximum Gasteiger partial charge on any atom is 0.307 e. The summed E-state index contributed by atoms with van der Waals surface area (Å²) in [5.41, 5.74) is 1.33. The molecule has 1 aromatic rings. The van der Waals surface area contributed by atoms with Gasteiger partial charge in [-0.15, -0.1) is 0 Å². The molecule has 0 bridgehead atoms. The summed E-state index contributed by atoms with van der Waals surface area (Å²) in [6, 6.07) is 10.6. The second-order valence-electron chi connectivity index (χ2n) is 4.57. The molecule has 1 aromatic carbocycles. The largest absolute Gasteiger partial charge is 0.466 e. The predicted molar refractivity (Wildman–Crippen MR) is 73.5 cm³/mol. The molecule has 0 unspecified atom stereocenters. The molecule has 0 saturated carbocycles. The van der Waals surface area contributed by atoms with Gasteiger partial charge in [0.1, 0.15) is 0 Å². The summed E-state index contributed by atoms with van der Waals surface area (Å²) < 4.78 is 4.96. The van der Waals surface area contributed by atoms with E-state index in [0.717, 1.165) is 13.0 Å². The van der Waals surface area contributed by atoms with Crippen LogP contribution in [0.4, 0.5) is 0 Å². The highest BCUT2D eigenvalue weighted by molar-refractivity contribution is 5.69. The van der Waals surface area contributed by atoms with Gasteiger partial charge in [-0.05, 0) is 32.9 Å². The molecule has 3 heteroatoms. The molecule has 0 N–H and O–H groups in total. The molecular formula is C15H23NO2. The summed E-state index contributed by atoms with van der Waals surface area (Å²) >= 11 is 0. The molecule has 0 fully saturated rings. The summed E-state index contributed by atoms with van der Waals surface area (Å²) in [5, 5.41) is 0. The van der Waals surface area contributed by atoms with Gasteiger partial charge >= 0.3 is 5.97 Å². The van der Waals surface area contributed by atoms with E-state index in [0.29, 0.717) is 13.0 Å². The minimum Gasteiger partial charge on any atom is -0.466 e. The number of benzene rings is 1. The fraction of sp³-hybridized carbons (Fsp3) is 0.533. The SMILES string of the molecule is CCOC(=O)C[C@@H](C)N(C)CCc1ccccc1. The number of likely N-dealkylation sites (N-methyl/N-ethyl adjacent to an activating group) is 1. The smallest absolute Gasteiger partial charge is 0.307 e. The molecule has 0 heterocycles. The van der Waals surface area contributed by atoms with Crippen molar-refractivity contribution < 1.29 is 9.53 Å². The average Bonchev–Trinajstić information content (AvgIpc) is 2.37. The van der Waals surface area contributed by atoms with Gasteiger partial charge in [0.05, 0.1) is 13.0 Å². The van der Waals surface area contributed by atoms with Crippen LogP contribution in [-0.4, -0.2) is 37.1 Å². The first-order valence-electron chi connectivity index (χ1n) is 6.53. The lowest BCUT2D eigenvalue weighted by molar-refractivity contribution is -0.144. The molecule has 0 saturated heterocycles. The van der Waals surface area contributed by atoms with E-state index in [-0.39, 0.29) is 12.0 Å². The van der Waals surface area contributed by atoms with Crippen molar-refractivity contribution in [2.75, 3.05) is 20.2 Å². The van der Waals surface area contributed by atoms with Gasteiger partial charge in [-0.3, -0.25) is 4.79 Å². The van der Waals surface area contributed by atoms with E-state index in [2.05, 4.69) is 36.1 Å². The molecule has 0 aliphatic rings. The first-order valence-corrected chi connectivity index (χ1v) is 6.53. The van der Waals surface area contributed by atoms with Crippen LogP contribution in [0.15, 0.2) is 30.3 Å². The van der Waals surface area contributed by atoms with Gasteiger partial charge in [-0.1, -0.05) is 30.3 Å². The highest BCUT2D eigenvalue weighted by atomic mass is 16.5. The molecular weight excluding hydrogens is 226 g/mol. The minimum absolute atomic E-state index is 0.114. The number of carbonyl (C=O) groups is 1. The third kappa shape index (κ3) is 5.32. The first kappa shape index (κ1) is 14.7. The Morgan fingerprint density at radius 2 is 2.00 bits per heavy atom. The molecule has 0 amide bonds. The normalized spacial score (nSPS) is 12.4. The van der Waals surface area contributed by atoms with E-state index in [1.165, 1.54) is 5.56 Å². The van der Waals surface area contributed by atoms with Crippen molar-refractivity contribution in [3.8, 4) is 0 Å². The molecule has 3 nitrogen and oxygen atoms in total. The third-order valence-corrected chi connectivity index (χ3v) is 3.12. The van der Waals surface area contributed by atoms with Crippen molar-refractivity contribution in [2.45, 2.75) is 32.7 Å². The zero-order valence-electron chi connectivity index (χ0n) is 11.6. The van der Waals surface area contributed by atoms with E-state index >= 15 is 0 Å². The van der Waals surface area contributed by atoms with Crippen LogP contribution in [0.3, 0.4) is 0 Å². The maximum absolute atomic E-state index is 11.4. The van der Waals surface area contributed by atoms with Crippen molar-refractivity contribution in [3.63, 3.8) is 0 Å². The van der Waals surface area contributed by atoms with Crippen LogP contribution in [-0.2, 0) is 16.0 Å². The molecule has 100 valence electrons. The molecule has 0 aromatic heterocycles. The van der Waals surface area contributed by atoms with Crippen LogP contribution >= 0.6 is 0 Å². The average molecular weight is 249 g/mol. The Labute approximate surface area is 110 Å². The van der Waals surface area contributed by atoms with Crippen molar-refractivity contribution in [1.29, 1.82) is 0 Å². The van der Waals surface area contributed by atoms with Crippen LogP contribution < -0.4 is 0 Å². The highest BCUT2D eigenvalue weighted by Crippen LogP contribution is 2.06. The minimum atomic E-state index is -0.114. The molecule has 1 rings (SSSR count). The van der Waals surface area contributed by atoms with Crippen LogP contribution in [0.1, 0.15) is 25.8 Å². The summed E-state index contributed by atoms with van der Waals surface area (Å²) in [6.45, 7) is 5.30. The van der Waals surface area contributed by atoms with E-state index in [1.807, 2.05) is 20.0 Å². The lowest BCUT2D eigenvalue weighted by Gasteiger charge is -2.23. The number of esters is 1. The Bertz CT molecular complexity index is 351. The first-order chi connectivity index (χ1) is 8.63. The van der Waals surface area contributed by atoms with Gasteiger partial charge in [0.2, 0.25) is 0 Å². The van der Waals surface area contributed by atoms with Crippen molar-refractivity contribution in [2.24, 2.45) is 0 Å². The fourth-order valence-corrected chi connectivity index (χ4v) is 1.79. The van der Waals surface area contributed by atoms with Crippen LogP contribution in [0.25, 0.3) is 0 Å². The number of hydrogen-bond donors (Lipinski definition) is 0. The molecule has 18 heavy (non-hydrogen) atoms. The third-order valence-electron chi connectivity index (χ3n) is 3.12. The van der Waals surface area contributed by atoms with Crippen molar-refractivity contribution in [3.05, 3.63) is 35.9 Å². The van der Waals surface area contributed by atoms with Gasteiger partial charge in [-0.2, -0.15) is 0 Å². The summed E-state index contributed by atoms with van der Waals surface area (Å²) in [4.78, 5) is 13.6. The Hall–Kier alpha value is -1.35. The lowest BCUT2D eigenvalue weighted by atomic mass is 10.1. The highest BCUT2D eigenvalue weighted by Gasteiger charge is 2.14. The molecule has 0 spiro atoms.